The average molecular weight is 251 g/mol. The molecule has 1 aromatic rings. The Bertz CT molecular complexity index is 422. The van der Waals surface area contributed by atoms with Crippen LogP contribution in [0.5, 0.6) is 0 Å². The van der Waals surface area contributed by atoms with E-state index in [1.54, 1.807) is 30.3 Å². The van der Waals surface area contributed by atoms with Crippen LogP contribution in [0.1, 0.15) is 42.5 Å². The first kappa shape index (κ1) is 12.4. The van der Waals surface area contributed by atoms with Gasteiger partial charge in [-0.05, 0) is 25.0 Å². The maximum atomic E-state index is 12.2. The fourth-order valence-electron chi connectivity index (χ4n) is 2.21. The van der Waals surface area contributed by atoms with Gasteiger partial charge in [-0.15, -0.1) is 0 Å². The van der Waals surface area contributed by atoms with E-state index in [1.807, 2.05) is 0 Å². The Morgan fingerprint density at radius 1 is 1.12 bits per heavy atom. The van der Waals surface area contributed by atoms with Gasteiger partial charge in [-0.1, -0.05) is 29.2 Å². The van der Waals surface area contributed by atoms with Crippen LogP contribution in [0.4, 0.5) is 0 Å². The molecule has 0 bridgehead atoms. The van der Waals surface area contributed by atoms with Gasteiger partial charge in [0.15, 0.2) is 0 Å². The zero-order valence-corrected chi connectivity index (χ0v) is 10.5. The molecule has 90 valence electrons. The molecule has 1 atom stereocenters. The molecule has 0 aliphatic heterocycles. The third kappa shape index (κ3) is 2.62. The Kier molecular flexibility index (Phi) is 3.70. The monoisotopic (exact) mass is 251 g/mol. The van der Waals surface area contributed by atoms with E-state index < -0.39 is 18.7 Å². The van der Waals surface area contributed by atoms with E-state index in [0.29, 0.717) is 18.4 Å². The van der Waals surface area contributed by atoms with Gasteiger partial charge < -0.3 is 5.11 Å². The molecule has 3 nitrogen and oxygen atoms in total. The standard InChI is InChI=1S/C13H16O3P/c14-12(11-7-3-1-4-8-11)17(16)13(15)9-5-2-6-10-13/h1,3-4,7-8,15H,2,5-6,9-10H2/q+1. The predicted octanol–water partition coefficient (Wildman–Crippen LogP) is 3.31. The highest BCUT2D eigenvalue weighted by Gasteiger charge is 2.53. The van der Waals surface area contributed by atoms with Crippen molar-refractivity contribution in [2.24, 2.45) is 0 Å². The van der Waals surface area contributed by atoms with Crippen LogP contribution in [0.25, 0.3) is 0 Å². The van der Waals surface area contributed by atoms with Crippen molar-refractivity contribution in [2.45, 2.75) is 37.4 Å². The van der Waals surface area contributed by atoms with E-state index in [-0.39, 0.29) is 0 Å². The molecule has 1 saturated carbocycles. The average Bonchev–Trinajstić information content (AvgIpc) is 2.39. The van der Waals surface area contributed by atoms with Crippen molar-refractivity contribution in [1.82, 2.24) is 0 Å². The van der Waals surface area contributed by atoms with Crippen LogP contribution in [0.2, 0.25) is 0 Å². The van der Waals surface area contributed by atoms with E-state index >= 15 is 0 Å². The highest BCUT2D eigenvalue weighted by Crippen LogP contribution is 2.48. The number of hydrogen-bond acceptors (Lipinski definition) is 3. The first-order valence-corrected chi connectivity index (χ1v) is 7.18. The SMILES string of the molecule is O=C(c1ccccc1)[P+](=O)C1(O)CCCCC1. The number of rotatable bonds is 3. The molecule has 1 fully saturated rings. The minimum atomic E-state index is -2.25. The zero-order chi connectivity index (χ0) is 12.3. The molecule has 4 heteroatoms. The van der Waals surface area contributed by atoms with Crippen LogP contribution >= 0.6 is 7.80 Å². The smallest absolute Gasteiger partial charge is 0.348 e. The van der Waals surface area contributed by atoms with Gasteiger partial charge >= 0.3 is 13.3 Å². The van der Waals surface area contributed by atoms with Crippen molar-refractivity contribution in [1.29, 1.82) is 0 Å². The van der Waals surface area contributed by atoms with Crippen LogP contribution in [0.15, 0.2) is 30.3 Å². The first-order valence-electron chi connectivity index (χ1n) is 5.93. The fourth-order valence-corrected chi connectivity index (χ4v) is 3.69. The lowest BCUT2D eigenvalue weighted by atomic mass is 9.97. The molecular formula is C13H16O3P+. The lowest BCUT2D eigenvalue weighted by molar-refractivity contribution is 0.0804. The Morgan fingerprint density at radius 3 is 2.29 bits per heavy atom. The van der Waals surface area contributed by atoms with Gasteiger partial charge in [0.05, 0.1) is 5.56 Å². The van der Waals surface area contributed by atoms with E-state index in [1.165, 1.54) is 0 Å². The van der Waals surface area contributed by atoms with Crippen molar-refractivity contribution in [3.63, 3.8) is 0 Å². The highest BCUT2D eigenvalue weighted by molar-refractivity contribution is 7.65. The van der Waals surface area contributed by atoms with Gasteiger partial charge in [-0.25, -0.2) is 4.79 Å². The van der Waals surface area contributed by atoms with Crippen molar-refractivity contribution < 1.29 is 14.5 Å². The lowest BCUT2D eigenvalue weighted by Crippen LogP contribution is -2.28. The quantitative estimate of drug-likeness (QED) is 0.838. The summed E-state index contributed by atoms with van der Waals surface area (Å²) in [5.41, 5.74) is -0.00221. The second-order valence-corrected chi connectivity index (χ2v) is 6.34. The van der Waals surface area contributed by atoms with Gasteiger partial charge in [0.2, 0.25) is 0 Å². The van der Waals surface area contributed by atoms with Crippen LogP contribution in [-0.2, 0) is 4.57 Å². The maximum Gasteiger partial charge on any atom is 0.454 e. The lowest BCUT2D eigenvalue weighted by Gasteiger charge is -2.21. The first-order chi connectivity index (χ1) is 8.13. The summed E-state index contributed by atoms with van der Waals surface area (Å²) in [6, 6.07) is 8.56. The molecule has 17 heavy (non-hydrogen) atoms. The molecule has 1 N–H and O–H groups in total. The molecule has 1 aromatic carbocycles. The molecule has 0 radical (unpaired) electrons. The highest BCUT2D eigenvalue weighted by atomic mass is 31.1. The summed E-state index contributed by atoms with van der Waals surface area (Å²) in [7, 11) is -2.25. The molecule has 0 aromatic heterocycles. The normalized spacial score (nSPS) is 19.7. The summed E-state index contributed by atoms with van der Waals surface area (Å²) < 4.78 is 12.2. The summed E-state index contributed by atoms with van der Waals surface area (Å²) in [5, 5.41) is 8.99. The third-order valence-electron chi connectivity index (χ3n) is 3.24. The molecule has 1 unspecified atom stereocenters. The number of carbonyl (C=O) groups excluding carboxylic acids is 1. The molecule has 2 rings (SSSR count). The second kappa shape index (κ2) is 5.07. The Labute approximate surface area is 102 Å². The Balaban J connectivity index is 2.17. The molecule has 0 spiro atoms. The van der Waals surface area contributed by atoms with Crippen LogP contribution in [-0.4, -0.2) is 16.0 Å². The second-order valence-electron chi connectivity index (χ2n) is 4.51. The summed E-state index contributed by atoms with van der Waals surface area (Å²) >= 11 is 0. The van der Waals surface area contributed by atoms with Crippen molar-refractivity contribution in [2.75, 3.05) is 0 Å². The molecule has 0 saturated heterocycles. The van der Waals surface area contributed by atoms with E-state index in [9.17, 15) is 14.5 Å². The van der Waals surface area contributed by atoms with Crippen molar-refractivity contribution in [3.8, 4) is 0 Å². The number of hydrogen-bond donors (Lipinski definition) is 1. The van der Waals surface area contributed by atoms with Gasteiger partial charge in [-0.2, -0.15) is 0 Å². The van der Waals surface area contributed by atoms with Gasteiger partial charge in [0, 0.05) is 12.8 Å². The third-order valence-corrected chi connectivity index (χ3v) is 5.07. The van der Waals surface area contributed by atoms with E-state index in [4.69, 9.17) is 0 Å². The molecular weight excluding hydrogens is 235 g/mol. The Hall–Kier alpha value is -1.05. The topological polar surface area (TPSA) is 54.4 Å². The van der Waals surface area contributed by atoms with Crippen LogP contribution in [0.3, 0.4) is 0 Å². The molecule has 0 heterocycles. The van der Waals surface area contributed by atoms with E-state index in [2.05, 4.69) is 0 Å². The minimum Gasteiger partial charge on any atom is -0.348 e. The maximum absolute atomic E-state index is 12.2. The number of carbonyl (C=O) groups is 1. The van der Waals surface area contributed by atoms with Crippen LogP contribution in [0, 0.1) is 0 Å². The number of benzene rings is 1. The van der Waals surface area contributed by atoms with Gasteiger partial charge in [0.25, 0.3) is 5.34 Å². The molecule has 0 amide bonds. The van der Waals surface area contributed by atoms with Crippen LogP contribution < -0.4 is 0 Å². The molecule has 1 aliphatic rings. The summed E-state index contributed by atoms with van der Waals surface area (Å²) in [6.45, 7) is 0. The molecule has 1 aliphatic carbocycles. The predicted molar refractivity (Wildman–Crippen MR) is 66.4 cm³/mol. The minimum absolute atomic E-state index is 0.424. The largest absolute Gasteiger partial charge is 0.454 e. The van der Waals surface area contributed by atoms with Crippen molar-refractivity contribution >= 4 is 13.3 Å². The number of aliphatic hydroxyl groups is 1. The summed E-state index contributed by atoms with van der Waals surface area (Å²) in [6.07, 6.45) is 3.69. The van der Waals surface area contributed by atoms with E-state index in [0.717, 1.165) is 19.3 Å². The Morgan fingerprint density at radius 2 is 1.71 bits per heavy atom. The van der Waals surface area contributed by atoms with Gasteiger partial charge in [-0.3, -0.25) is 0 Å². The summed E-state index contributed by atoms with van der Waals surface area (Å²) in [4.78, 5) is 12.0. The summed E-state index contributed by atoms with van der Waals surface area (Å²) in [5.74, 6) is 0. The van der Waals surface area contributed by atoms with Crippen molar-refractivity contribution in [3.05, 3.63) is 35.9 Å². The van der Waals surface area contributed by atoms with Gasteiger partial charge in [0.1, 0.15) is 0 Å². The zero-order valence-electron chi connectivity index (χ0n) is 9.63. The fraction of sp³-hybridized carbons (Fsp3) is 0.462.